The maximum absolute atomic E-state index is 11.6. The summed E-state index contributed by atoms with van der Waals surface area (Å²) in [5, 5.41) is 8.89. The molecule has 1 aliphatic rings. The maximum atomic E-state index is 11.6. The van der Waals surface area contributed by atoms with Crippen LogP contribution in [0.1, 0.15) is 16.9 Å². The Morgan fingerprint density at radius 3 is 2.88 bits per heavy atom. The van der Waals surface area contributed by atoms with Gasteiger partial charge >= 0.3 is 0 Å². The zero-order chi connectivity index (χ0) is 11.8. The molecule has 0 spiro atoms. The fraction of sp³-hybridized carbons (Fsp3) is 0.500. The normalized spacial score (nSPS) is 23.2. The lowest BCUT2D eigenvalue weighted by molar-refractivity contribution is 0.0936. The van der Waals surface area contributed by atoms with Crippen LogP contribution in [0.3, 0.4) is 0 Å². The highest BCUT2D eigenvalue weighted by atomic mass is 35.5. The van der Waals surface area contributed by atoms with E-state index in [9.17, 15) is 13.2 Å². The second-order valence-corrected chi connectivity index (χ2v) is 6.30. The van der Waals surface area contributed by atoms with E-state index in [1.165, 1.54) is 6.20 Å². The quantitative estimate of drug-likeness (QED) is 0.784. The van der Waals surface area contributed by atoms with Crippen LogP contribution in [0.25, 0.3) is 0 Å². The third-order valence-electron chi connectivity index (χ3n) is 2.39. The van der Waals surface area contributed by atoms with Gasteiger partial charge < -0.3 is 5.32 Å². The number of H-pyrrole nitrogens is 1. The van der Waals surface area contributed by atoms with Crippen molar-refractivity contribution in [3.8, 4) is 0 Å². The largest absolute Gasteiger partial charge is 0.347 e. The Kier molecular flexibility index (Phi) is 2.90. The van der Waals surface area contributed by atoms with Crippen LogP contribution in [-0.4, -0.2) is 42.1 Å². The molecule has 88 valence electrons. The summed E-state index contributed by atoms with van der Waals surface area (Å²) in [6.45, 7) is 0. The van der Waals surface area contributed by atoms with E-state index in [-0.39, 0.29) is 28.3 Å². The van der Waals surface area contributed by atoms with Gasteiger partial charge in [-0.2, -0.15) is 5.10 Å². The number of hydrogen-bond acceptors (Lipinski definition) is 4. The van der Waals surface area contributed by atoms with Gasteiger partial charge in [0.1, 0.15) is 5.69 Å². The van der Waals surface area contributed by atoms with E-state index >= 15 is 0 Å². The van der Waals surface area contributed by atoms with Gasteiger partial charge in [-0.05, 0) is 6.42 Å². The Balaban J connectivity index is 2.02. The number of rotatable bonds is 2. The minimum atomic E-state index is -2.99. The summed E-state index contributed by atoms with van der Waals surface area (Å²) in [5.41, 5.74) is 0.158. The number of amides is 1. The maximum Gasteiger partial charge on any atom is 0.271 e. The Morgan fingerprint density at radius 2 is 2.38 bits per heavy atom. The van der Waals surface area contributed by atoms with E-state index in [2.05, 4.69) is 15.5 Å². The lowest BCUT2D eigenvalue weighted by Crippen LogP contribution is -2.35. The topological polar surface area (TPSA) is 91.9 Å². The molecule has 6 nitrogen and oxygen atoms in total. The van der Waals surface area contributed by atoms with Crippen molar-refractivity contribution in [3.05, 3.63) is 16.9 Å². The van der Waals surface area contributed by atoms with E-state index in [0.717, 1.165) is 0 Å². The van der Waals surface area contributed by atoms with E-state index in [4.69, 9.17) is 11.6 Å². The summed E-state index contributed by atoms with van der Waals surface area (Å²) >= 11 is 5.70. The fourth-order valence-electron chi connectivity index (χ4n) is 1.60. The van der Waals surface area contributed by atoms with Crippen molar-refractivity contribution in [1.82, 2.24) is 15.5 Å². The SMILES string of the molecule is O=C(N[C@H]1CCS(=O)(=O)C1)c1[nH]ncc1Cl. The first-order valence-electron chi connectivity index (χ1n) is 4.68. The third-order valence-corrected chi connectivity index (χ3v) is 4.44. The summed E-state index contributed by atoms with van der Waals surface area (Å²) in [4.78, 5) is 11.6. The summed E-state index contributed by atoms with van der Waals surface area (Å²) in [5.74, 6) is -0.316. The molecule has 0 aliphatic carbocycles. The zero-order valence-electron chi connectivity index (χ0n) is 8.23. The van der Waals surface area contributed by atoms with Gasteiger partial charge in [0.05, 0.1) is 22.7 Å². The first-order chi connectivity index (χ1) is 7.48. The monoisotopic (exact) mass is 263 g/mol. The molecule has 0 unspecified atom stereocenters. The minimum absolute atomic E-state index is 0.00943. The number of carbonyl (C=O) groups excluding carboxylic acids is 1. The van der Waals surface area contributed by atoms with Crippen molar-refractivity contribution in [2.24, 2.45) is 0 Å². The van der Waals surface area contributed by atoms with Crippen LogP contribution < -0.4 is 5.32 Å². The molecule has 0 radical (unpaired) electrons. The van der Waals surface area contributed by atoms with E-state index in [1.54, 1.807) is 0 Å². The second kappa shape index (κ2) is 4.06. The summed E-state index contributed by atoms with van der Waals surface area (Å²) < 4.78 is 22.4. The molecule has 2 N–H and O–H groups in total. The van der Waals surface area contributed by atoms with Gasteiger partial charge in [0.2, 0.25) is 0 Å². The van der Waals surface area contributed by atoms with E-state index in [0.29, 0.717) is 6.42 Å². The molecule has 1 fully saturated rings. The molecule has 1 aromatic heterocycles. The molecule has 0 saturated carbocycles. The molecular weight excluding hydrogens is 254 g/mol. The standard InChI is InChI=1S/C8H10ClN3O3S/c9-6-3-10-12-7(6)8(13)11-5-1-2-16(14,15)4-5/h3,5H,1-2,4H2,(H,10,12)(H,11,13)/t5-/m0/s1. The van der Waals surface area contributed by atoms with Crippen molar-refractivity contribution >= 4 is 27.3 Å². The van der Waals surface area contributed by atoms with E-state index in [1.807, 2.05) is 0 Å². The molecular formula is C8H10ClN3O3S. The number of aromatic nitrogens is 2. The van der Waals surface area contributed by atoms with Gasteiger partial charge in [0.25, 0.3) is 5.91 Å². The van der Waals surface area contributed by atoms with Crippen molar-refractivity contribution in [2.45, 2.75) is 12.5 Å². The van der Waals surface area contributed by atoms with E-state index < -0.39 is 15.7 Å². The van der Waals surface area contributed by atoms with Crippen LogP contribution in [-0.2, 0) is 9.84 Å². The van der Waals surface area contributed by atoms with Crippen molar-refractivity contribution in [3.63, 3.8) is 0 Å². The van der Waals surface area contributed by atoms with Crippen LogP contribution in [0, 0.1) is 0 Å². The predicted molar refractivity (Wildman–Crippen MR) is 58.1 cm³/mol. The second-order valence-electron chi connectivity index (χ2n) is 3.67. The first-order valence-corrected chi connectivity index (χ1v) is 6.88. The summed E-state index contributed by atoms with van der Waals surface area (Å²) in [6.07, 6.45) is 1.77. The molecule has 1 atom stereocenters. The van der Waals surface area contributed by atoms with Gasteiger partial charge in [-0.25, -0.2) is 8.42 Å². The van der Waals surface area contributed by atoms with Crippen LogP contribution in [0.2, 0.25) is 5.02 Å². The first kappa shape index (κ1) is 11.4. The zero-order valence-corrected chi connectivity index (χ0v) is 9.81. The molecule has 0 bridgehead atoms. The molecule has 8 heteroatoms. The number of hydrogen-bond donors (Lipinski definition) is 2. The van der Waals surface area contributed by atoms with Crippen LogP contribution in [0.4, 0.5) is 0 Å². The number of sulfone groups is 1. The Hall–Kier alpha value is -1.08. The van der Waals surface area contributed by atoms with Crippen LogP contribution in [0.5, 0.6) is 0 Å². The van der Waals surface area contributed by atoms with Gasteiger partial charge in [0, 0.05) is 6.04 Å². The number of nitrogens with one attached hydrogen (secondary N) is 2. The minimum Gasteiger partial charge on any atom is -0.347 e. The van der Waals surface area contributed by atoms with Crippen molar-refractivity contribution in [1.29, 1.82) is 0 Å². The lowest BCUT2D eigenvalue weighted by Gasteiger charge is -2.09. The highest BCUT2D eigenvalue weighted by Gasteiger charge is 2.29. The lowest BCUT2D eigenvalue weighted by atomic mass is 10.2. The number of carbonyl (C=O) groups is 1. The molecule has 1 amide bonds. The molecule has 1 aromatic rings. The average molecular weight is 264 g/mol. The number of halogens is 1. The van der Waals surface area contributed by atoms with Gasteiger partial charge in [-0.1, -0.05) is 11.6 Å². The van der Waals surface area contributed by atoms with Gasteiger partial charge in [0.15, 0.2) is 9.84 Å². The highest BCUT2D eigenvalue weighted by molar-refractivity contribution is 7.91. The van der Waals surface area contributed by atoms with Gasteiger partial charge in [-0.3, -0.25) is 9.89 Å². The highest BCUT2D eigenvalue weighted by Crippen LogP contribution is 2.14. The third kappa shape index (κ3) is 2.35. The number of aromatic amines is 1. The van der Waals surface area contributed by atoms with Gasteiger partial charge in [-0.15, -0.1) is 0 Å². The molecule has 16 heavy (non-hydrogen) atoms. The Bertz CT molecular complexity index is 510. The molecule has 0 aromatic carbocycles. The Labute approximate surface area is 97.3 Å². The fourth-order valence-corrected chi connectivity index (χ4v) is 3.45. The smallest absolute Gasteiger partial charge is 0.271 e. The molecule has 2 rings (SSSR count). The predicted octanol–water partition coefficient (Wildman–Crippen LogP) is -0.0200. The van der Waals surface area contributed by atoms with Crippen LogP contribution >= 0.6 is 11.6 Å². The van der Waals surface area contributed by atoms with Crippen molar-refractivity contribution in [2.75, 3.05) is 11.5 Å². The molecule has 1 saturated heterocycles. The summed E-state index contributed by atoms with van der Waals surface area (Å²) in [7, 11) is -2.99. The van der Waals surface area contributed by atoms with Crippen LogP contribution in [0.15, 0.2) is 6.20 Å². The summed E-state index contributed by atoms with van der Waals surface area (Å²) in [6, 6.07) is -0.336. The molecule has 2 heterocycles. The average Bonchev–Trinajstić information content (AvgIpc) is 2.72. The Morgan fingerprint density at radius 1 is 1.62 bits per heavy atom. The number of nitrogens with zero attached hydrogens (tertiary/aromatic N) is 1. The molecule has 1 aliphatic heterocycles. The van der Waals surface area contributed by atoms with Crippen molar-refractivity contribution < 1.29 is 13.2 Å².